The van der Waals surface area contributed by atoms with Crippen LogP contribution >= 0.6 is 0 Å². The lowest BCUT2D eigenvalue weighted by molar-refractivity contribution is 0.236. The Morgan fingerprint density at radius 3 is 3.11 bits per heavy atom. The zero-order chi connectivity index (χ0) is 12.8. The van der Waals surface area contributed by atoms with Crippen LogP contribution in [0.15, 0.2) is 31.0 Å². The highest BCUT2D eigenvalue weighted by Crippen LogP contribution is 1.93. The van der Waals surface area contributed by atoms with Crippen LogP contribution in [-0.2, 0) is 13.1 Å². The minimum Gasteiger partial charge on any atom is -0.335 e. The number of hydrogen-bond donors (Lipinski definition) is 3. The average molecular weight is 248 g/mol. The zero-order valence-electron chi connectivity index (χ0n) is 10.1. The maximum Gasteiger partial charge on any atom is 0.315 e. The first-order chi connectivity index (χ1) is 8.74. The zero-order valence-corrected chi connectivity index (χ0v) is 10.1. The van der Waals surface area contributed by atoms with Crippen molar-refractivity contribution in [2.24, 2.45) is 0 Å². The van der Waals surface area contributed by atoms with E-state index in [-0.39, 0.29) is 12.1 Å². The van der Waals surface area contributed by atoms with Crippen LogP contribution in [0.5, 0.6) is 0 Å². The molecule has 0 saturated heterocycles. The molecule has 96 valence electrons. The average Bonchev–Trinajstić information content (AvgIpc) is 2.98. The van der Waals surface area contributed by atoms with E-state index in [0.29, 0.717) is 13.1 Å². The maximum atomic E-state index is 11.6. The first kappa shape index (κ1) is 12.2. The Balaban J connectivity index is 1.70. The van der Waals surface area contributed by atoms with E-state index >= 15 is 0 Å². The van der Waals surface area contributed by atoms with Crippen LogP contribution in [0.2, 0.25) is 0 Å². The Bertz CT molecular complexity index is 464. The van der Waals surface area contributed by atoms with E-state index in [1.807, 2.05) is 23.8 Å². The Hall–Kier alpha value is -2.31. The number of urea groups is 1. The molecule has 0 aliphatic heterocycles. The highest BCUT2D eigenvalue weighted by molar-refractivity contribution is 5.74. The van der Waals surface area contributed by atoms with Crippen LogP contribution in [0, 0.1) is 0 Å². The molecule has 0 saturated carbocycles. The van der Waals surface area contributed by atoms with Crippen LogP contribution in [0.25, 0.3) is 0 Å². The number of aromatic amines is 1. The number of rotatable bonds is 5. The van der Waals surface area contributed by atoms with Crippen molar-refractivity contribution in [1.29, 1.82) is 0 Å². The van der Waals surface area contributed by atoms with Gasteiger partial charge in [0.2, 0.25) is 0 Å². The summed E-state index contributed by atoms with van der Waals surface area (Å²) >= 11 is 0. The second kappa shape index (κ2) is 5.85. The minimum atomic E-state index is -0.197. The number of hydrogen-bond acceptors (Lipinski definition) is 3. The first-order valence-corrected chi connectivity index (χ1v) is 5.72. The topological polar surface area (TPSA) is 87.6 Å². The normalized spacial score (nSPS) is 12.1. The van der Waals surface area contributed by atoms with Gasteiger partial charge in [0.25, 0.3) is 0 Å². The van der Waals surface area contributed by atoms with Gasteiger partial charge >= 0.3 is 6.03 Å². The molecule has 2 aromatic heterocycles. The number of imidazole rings is 1. The van der Waals surface area contributed by atoms with Gasteiger partial charge in [-0.25, -0.2) is 9.78 Å². The number of carbonyl (C=O) groups is 1. The summed E-state index contributed by atoms with van der Waals surface area (Å²) in [6, 6.07) is 1.65. The lowest BCUT2D eigenvalue weighted by Gasteiger charge is -2.14. The van der Waals surface area contributed by atoms with Crippen molar-refractivity contribution in [3.63, 3.8) is 0 Å². The van der Waals surface area contributed by atoms with Gasteiger partial charge in [0.05, 0.1) is 18.6 Å². The fourth-order valence-corrected chi connectivity index (χ4v) is 1.59. The summed E-state index contributed by atoms with van der Waals surface area (Å²) in [6.45, 7) is 3.07. The van der Waals surface area contributed by atoms with E-state index < -0.39 is 0 Å². The van der Waals surface area contributed by atoms with E-state index in [0.717, 1.165) is 5.69 Å². The molecular weight excluding hydrogens is 232 g/mol. The molecule has 2 amide bonds. The number of nitrogens with one attached hydrogen (secondary N) is 3. The summed E-state index contributed by atoms with van der Waals surface area (Å²) in [6.07, 6.45) is 6.95. The molecule has 0 aliphatic rings. The number of carbonyl (C=O) groups excluding carboxylic acids is 1. The lowest BCUT2D eigenvalue weighted by Crippen LogP contribution is -2.42. The van der Waals surface area contributed by atoms with Crippen molar-refractivity contribution in [3.8, 4) is 0 Å². The molecule has 0 aromatic carbocycles. The van der Waals surface area contributed by atoms with Gasteiger partial charge in [-0.15, -0.1) is 0 Å². The Morgan fingerprint density at radius 2 is 2.44 bits per heavy atom. The van der Waals surface area contributed by atoms with Crippen LogP contribution in [0.3, 0.4) is 0 Å². The van der Waals surface area contributed by atoms with E-state index in [1.165, 1.54) is 0 Å². The second-order valence-corrected chi connectivity index (χ2v) is 4.07. The standard InChI is InChI=1S/C11H16N6O/c1-9(7-17-5-4-12-8-17)15-11(18)13-6-10-2-3-14-16-10/h2-5,8-9H,6-7H2,1H3,(H,14,16)(H2,13,15,18). The highest BCUT2D eigenvalue weighted by Gasteiger charge is 2.07. The van der Waals surface area contributed by atoms with E-state index in [9.17, 15) is 4.79 Å². The molecule has 2 aromatic rings. The Kier molecular flexibility index (Phi) is 3.95. The van der Waals surface area contributed by atoms with Gasteiger partial charge in [-0.3, -0.25) is 5.10 Å². The van der Waals surface area contributed by atoms with Crippen LogP contribution in [0.1, 0.15) is 12.6 Å². The van der Waals surface area contributed by atoms with Crippen LogP contribution in [-0.4, -0.2) is 31.8 Å². The summed E-state index contributed by atoms with van der Waals surface area (Å²) in [5.41, 5.74) is 0.868. The smallest absolute Gasteiger partial charge is 0.315 e. The molecule has 0 fully saturated rings. The van der Waals surface area contributed by atoms with Crippen molar-refractivity contribution in [2.75, 3.05) is 0 Å². The van der Waals surface area contributed by atoms with E-state index in [2.05, 4.69) is 25.8 Å². The number of H-pyrrole nitrogens is 1. The molecule has 18 heavy (non-hydrogen) atoms. The molecule has 0 bridgehead atoms. The molecule has 7 heteroatoms. The summed E-state index contributed by atoms with van der Waals surface area (Å²) in [4.78, 5) is 15.5. The number of amides is 2. The van der Waals surface area contributed by atoms with Crippen molar-refractivity contribution >= 4 is 6.03 Å². The quantitative estimate of drug-likeness (QED) is 0.719. The van der Waals surface area contributed by atoms with Gasteiger partial charge in [0.1, 0.15) is 0 Å². The van der Waals surface area contributed by atoms with Crippen molar-refractivity contribution in [1.82, 2.24) is 30.4 Å². The highest BCUT2D eigenvalue weighted by atomic mass is 16.2. The SMILES string of the molecule is CC(Cn1ccnc1)NC(=O)NCc1ccn[nH]1. The number of aromatic nitrogens is 4. The van der Waals surface area contributed by atoms with Crippen molar-refractivity contribution in [2.45, 2.75) is 26.1 Å². The third kappa shape index (κ3) is 3.62. The number of nitrogens with zero attached hydrogens (tertiary/aromatic N) is 3. The molecule has 2 rings (SSSR count). The molecule has 7 nitrogen and oxygen atoms in total. The Morgan fingerprint density at radius 1 is 1.56 bits per heavy atom. The monoisotopic (exact) mass is 248 g/mol. The van der Waals surface area contributed by atoms with Gasteiger partial charge in [0, 0.05) is 31.2 Å². The summed E-state index contributed by atoms with van der Waals surface area (Å²) < 4.78 is 1.92. The summed E-state index contributed by atoms with van der Waals surface area (Å²) in [7, 11) is 0. The van der Waals surface area contributed by atoms with Crippen molar-refractivity contribution < 1.29 is 4.79 Å². The molecular formula is C11H16N6O. The van der Waals surface area contributed by atoms with E-state index in [4.69, 9.17) is 0 Å². The van der Waals surface area contributed by atoms with Gasteiger partial charge in [-0.2, -0.15) is 5.10 Å². The molecule has 0 radical (unpaired) electrons. The van der Waals surface area contributed by atoms with Gasteiger partial charge in [-0.1, -0.05) is 0 Å². The van der Waals surface area contributed by atoms with Crippen LogP contribution < -0.4 is 10.6 Å². The molecule has 3 N–H and O–H groups in total. The van der Waals surface area contributed by atoms with Crippen LogP contribution in [0.4, 0.5) is 4.79 Å². The van der Waals surface area contributed by atoms with E-state index in [1.54, 1.807) is 18.7 Å². The van der Waals surface area contributed by atoms with Gasteiger partial charge in [0.15, 0.2) is 0 Å². The van der Waals surface area contributed by atoms with Gasteiger partial charge in [-0.05, 0) is 13.0 Å². The largest absolute Gasteiger partial charge is 0.335 e. The minimum absolute atomic E-state index is 0.0287. The summed E-state index contributed by atoms with van der Waals surface area (Å²) in [5, 5.41) is 12.2. The Labute approximate surface area is 105 Å². The predicted molar refractivity (Wildman–Crippen MR) is 65.6 cm³/mol. The molecule has 2 heterocycles. The fraction of sp³-hybridized carbons (Fsp3) is 0.364. The summed E-state index contributed by atoms with van der Waals surface area (Å²) in [5.74, 6) is 0. The second-order valence-electron chi connectivity index (χ2n) is 4.07. The molecule has 0 aliphatic carbocycles. The van der Waals surface area contributed by atoms with Crippen molar-refractivity contribution in [3.05, 3.63) is 36.7 Å². The first-order valence-electron chi connectivity index (χ1n) is 5.72. The molecule has 0 spiro atoms. The third-order valence-electron chi connectivity index (χ3n) is 2.42. The third-order valence-corrected chi connectivity index (χ3v) is 2.42. The predicted octanol–water partition coefficient (Wildman–Crippen LogP) is 0.494. The lowest BCUT2D eigenvalue weighted by atomic mass is 10.3. The molecule has 1 atom stereocenters. The van der Waals surface area contributed by atoms with Gasteiger partial charge < -0.3 is 15.2 Å². The maximum absolute atomic E-state index is 11.6. The fourth-order valence-electron chi connectivity index (χ4n) is 1.59. The molecule has 1 unspecified atom stereocenters.